The summed E-state index contributed by atoms with van der Waals surface area (Å²) < 4.78 is 4.24. The molecule has 4 nitrogen and oxygen atoms in total. The molecule has 0 bridgehead atoms. The topological polar surface area (TPSA) is 48.9 Å². The molecule has 1 aromatic heterocycles. The maximum absolute atomic E-state index is 10.3. The second kappa shape index (κ2) is 8.45. The minimum atomic E-state index is -0.893. The second-order valence-corrected chi connectivity index (χ2v) is 5.39. The van der Waals surface area contributed by atoms with Gasteiger partial charge < -0.3 is 9.90 Å². The predicted octanol–water partition coefficient (Wildman–Crippen LogP) is 1.96. The van der Waals surface area contributed by atoms with Crippen LogP contribution < -0.4 is 9.67 Å². The van der Waals surface area contributed by atoms with Crippen LogP contribution in [0.1, 0.15) is 39.5 Å². The largest absolute Gasteiger partial charge is 0.550 e. The van der Waals surface area contributed by atoms with Gasteiger partial charge in [0.05, 0.1) is 14.1 Å². The Labute approximate surface area is 127 Å². The zero-order chi connectivity index (χ0) is 15.8. The van der Waals surface area contributed by atoms with Crippen molar-refractivity contribution in [1.29, 1.82) is 0 Å². The summed E-state index contributed by atoms with van der Waals surface area (Å²) in [7, 11) is 4.12. The molecule has 0 saturated heterocycles. The fourth-order valence-electron chi connectivity index (χ4n) is 2.38. The van der Waals surface area contributed by atoms with E-state index in [-0.39, 0.29) is 5.92 Å². The number of hydrogen-bond acceptors (Lipinski definition) is 2. The van der Waals surface area contributed by atoms with E-state index in [1.165, 1.54) is 11.0 Å². The third-order valence-corrected chi connectivity index (χ3v) is 3.72. The summed E-state index contributed by atoms with van der Waals surface area (Å²) in [5.41, 5.74) is 2.55. The molecule has 1 aromatic carbocycles. The van der Waals surface area contributed by atoms with E-state index in [2.05, 4.69) is 60.7 Å². The molecule has 116 valence electrons. The standard InChI is InChI=1S/C9H11N2.C8H16O2/c1-10-7-11(2)9-6-4-3-5-8(9)10;1-3-5-6-7(4-2)8(9)10/h3-7H,1-2H3;7H,3-6H2,1-2H3,(H,9,10)/q+1;/p-1. The molecule has 1 unspecified atom stereocenters. The van der Waals surface area contributed by atoms with Crippen molar-refractivity contribution < 1.29 is 14.5 Å². The Hall–Kier alpha value is -1.84. The zero-order valence-electron chi connectivity index (χ0n) is 13.5. The average molecular weight is 290 g/mol. The molecule has 2 aromatic rings. The number of fused-ring (bicyclic) bond motifs is 1. The van der Waals surface area contributed by atoms with Crippen molar-refractivity contribution in [2.45, 2.75) is 39.5 Å². The summed E-state index contributed by atoms with van der Waals surface area (Å²) in [6.07, 6.45) is 5.60. The van der Waals surface area contributed by atoms with Crippen LogP contribution in [0, 0.1) is 5.92 Å². The number of carbonyl (C=O) groups excluding carboxylic acids is 1. The molecule has 0 spiro atoms. The smallest absolute Gasteiger partial charge is 0.244 e. The first-order valence-electron chi connectivity index (χ1n) is 7.61. The number of carboxylic acids is 1. The van der Waals surface area contributed by atoms with E-state index in [9.17, 15) is 9.90 Å². The van der Waals surface area contributed by atoms with Crippen molar-refractivity contribution in [1.82, 2.24) is 4.57 Å². The molecule has 0 saturated carbocycles. The molecule has 2 rings (SSSR count). The number of para-hydroxylation sites is 2. The number of imidazole rings is 1. The Morgan fingerprint density at radius 2 is 2.00 bits per heavy atom. The first-order chi connectivity index (χ1) is 10.0. The molecule has 1 atom stereocenters. The third kappa shape index (κ3) is 4.88. The number of unbranched alkanes of at least 4 members (excludes halogenated alkanes) is 1. The molecule has 21 heavy (non-hydrogen) atoms. The van der Waals surface area contributed by atoms with E-state index in [1.807, 2.05) is 6.92 Å². The maximum Gasteiger partial charge on any atom is 0.244 e. The quantitative estimate of drug-likeness (QED) is 0.790. The summed E-state index contributed by atoms with van der Waals surface area (Å²) in [6.45, 7) is 3.94. The number of carbonyl (C=O) groups is 1. The highest BCUT2D eigenvalue weighted by Gasteiger charge is 2.07. The molecular formula is C17H26N2O2. The van der Waals surface area contributed by atoms with Gasteiger partial charge in [0.2, 0.25) is 6.33 Å². The molecule has 0 fully saturated rings. The van der Waals surface area contributed by atoms with Gasteiger partial charge in [0.15, 0.2) is 11.0 Å². The molecule has 0 radical (unpaired) electrons. The van der Waals surface area contributed by atoms with Crippen molar-refractivity contribution >= 4 is 17.0 Å². The monoisotopic (exact) mass is 290 g/mol. The summed E-state index contributed by atoms with van der Waals surface area (Å²) in [4.78, 5) is 10.3. The highest BCUT2D eigenvalue weighted by Crippen LogP contribution is 2.10. The summed E-state index contributed by atoms with van der Waals surface area (Å²) in [5, 5.41) is 10.3. The number of rotatable bonds is 5. The Kier molecular flexibility index (Phi) is 6.92. The van der Waals surface area contributed by atoms with Crippen molar-refractivity contribution in [3.8, 4) is 0 Å². The minimum Gasteiger partial charge on any atom is -0.550 e. The first-order valence-corrected chi connectivity index (χ1v) is 7.61. The Balaban J connectivity index is 0.000000212. The highest BCUT2D eigenvalue weighted by molar-refractivity contribution is 5.71. The fourth-order valence-corrected chi connectivity index (χ4v) is 2.38. The van der Waals surface area contributed by atoms with Crippen LogP contribution in [-0.2, 0) is 18.9 Å². The normalized spacial score (nSPS) is 11.8. The minimum absolute atomic E-state index is 0.222. The molecular weight excluding hydrogens is 264 g/mol. The lowest BCUT2D eigenvalue weighted by Crippen LogP contribution is -2.30. The lowest BCUT2D eigenvalue weighted by Gasteiger charge is -2.14. The number of nitrogens with zero attached hydrogens (tertiary/aromatic N) is 2. The molecule has 0 amide bonds. The second-order valence-electron chi connectivity index (χ2n) is 5.39. The predicted molar refractivity (Wildman–Crippen MR) is 82.4 cm³/mol. The van der Waals surface area contributed by atoms with Crippen molar-refractivity contribution in [3.63, 3.8) is 0 Å². The van der Waals surface area contributed by atoms with Gasteiger partial charge in [-0.05, 0) is 30.9 Å². The van der Waals surface area contributed by atoms with Gasteiger partial charge >= 0.3 is 0 Å². The van der Waals surface area contributed by atoms with E-state index in [0.717, 1.165) is 19.3 Å². The van der Waals surface area contributed by atoms with Gasteiger partial charge in [0, 0.05) is 5.97 Å². The van der Waals surface area contributed by atoms with E-state index < -0.39 is 5.97 Å². The van der Waals surface area contributed by atoms with Crippen LogP contribution in [0.4, 0.5) is 0 Å². The lowest BCUT2D eigenvalue weighted by molar-refractivity contribution is -0.645. The van der Waals surface area contributed by atoms with E-state index in [4.69, 9.17) is 0 Å². The van der Waals surface area contributed by atoms with Gasteiger partial charge in [-0.3, -0.25) is 0 Å². The van der Waals surface area contributed by atoms with Crippen LogP contribution >= 0.6 is 0 Å². The molecule has 4 heteroatoms. The molecule has 1 heterocycles. The summed E-state index contributed by atoms with van der Waals surface area (Å²) >= 11 is 0. The van der Waals surface area contributed by atoms with Crippen molar-refractivity contribution in [2.75, 3.05) is 0 Å². The maximum atomic E-state index is 10.3. The summed E-state index contributed by atoms with van der Waals surface area (Å²) in [5.74, 6) is -1.11. The zero-order valence-corrected chi connectivity index (χ0v) is 13.5. The van der Waals surface area contributed by atoms with Crippen LogP contribution in [0.3, 0.4) is 0 Å². The van der Waals surface area contributed by atoms with Gasteiger partial charge in [-0.2, -0.15) is 0 Å². The number of aliphatic carboxylic acids is 1. The summed E-state index contributed by atoms with van der Waals surface area (Å²) in [6, 6.07) is 8.36. The first kappa shape index (κ1) is 17.2. The Morgan fingerprint density at radius 1 is 1.33 bits per heavy atom. The molecule has 0 aliphatic carbocycles. The number of benzene rings is 1. The van der Waals surface area contributed by atoms with Gasteiger partial charge in [0.25, 0.3) is 0 Å². The van der Waals surface area contributed by atoms with Crippen LogP contribution in [0.15, 0.2) is 30.6 Å². The molecule has 0 aliphatic heterocycles. The Bertz CT molecular complexity index is 539. The van der Waals surface area contributed by atoms with Gasteiger partial charge in [0.1, 0.15) is 0 Å². The van der Waals surface area contributed by atoms with Crippen LogP contribution in [-0.4, -0.2) is 10.5 Å². The van der Waals surface area contributed by atoms with Gasteiger partial charge in [-0.15, -0.1) is 0 Å². The third-order valence-electron chi connectivity index (χ3n) is 3.72. The van der Waals surface area contributed by atoms with Crippen LogP contribution in [0.5, 0.6) is 0 Å². The number of aromatic nitrogens is 2. The van der Waals surface area contributed by atoms with Crippen LogP contribution in [0.2, 0.25) is 0 Å². The number of aryl methyl sites for hydroxylation is 2. The average Bonchev–Trinajstić information content (AvgIpc) is 2.76. The Morgan fingerprint density at radius 3 is 2.52 bits per heavy atom. The van der Waals surface area contributed by atoms with E-state index >= 15 is 0 Å². The van der Waals surface area contributed by atoms with Gasteiger partial charge in [-0.25, -0.2) is 9.13 Å². The van der Waals surface area contributed by atoms with Crippen molar-refractivity contribution in [2.24, 2.45) is 20.0 Å². The SMILES string of the molecule is CCCCC(CC)C(=O)[O-].Cn1c[n+](C)c2ccccc21. The highest BCUT2D eigenvalue weighted by atomic mass is 16.4. The fraction of sp³-hybridized carbons (Fsp3) is 0.529. The van der Waals surface area contributed by atoms with E-state index in [1.54, 1.807) is 0 Å². The number of hydrogen-bond donors (Lipinski definition) is 0. The van der Waals surface area contributed by atoms with Gasteiger partial charge in [-0.1, -0.05) is 38.8 Å². The number of carboxylic acid groups (broad SMARTS) is 1. The molecule has 0 N–H and O–H groups in total. The van der Waals surface area contributed by atoms with Crippen LogP contribution in [0.25, 0.3) is 11.0 Å². The lowest BCUT2D eigenvalue weighted by atomic mass is 10.00. The molecule has 0 aliphatic rings. The van der Waals surface area contributed by atoms with E-state index in [0.29, 0.717) is 6.42 Å². The van der Waals surface area contributed by atoms with Crippen molar-refractivity contribution in [3.05, 3.63) is 30.6 Å².